The van der Waals surface area contributed by atoms with Crippen LogP contribution in [0.25, 0.3) is 0 Å². The molecule has 0 aromatic heterocycles. The molecule has 3 aliphatic heterocycles. The highest BCUT2D eigenvalue weighted by Gasteiger charge is 2.45. The molecule has 3 aliphatic rings. The topological polar surface area (TPSA) is 42.0 Å². The molecular weight excluding hydrogens is 388 g/mol. The summed E-state index contributed by atoms with van der Waals surface area (Å²) in [6.45, 7) is 8.18. The van der Waals surface area contributed by atoms with E-state index >= 15 is 0 Å². The fraction of sp³-hybridized carbons (Fsp3) is 0.500. The average Bonchev–Trinajstić information content (AvgIpc) is 3.37. The van der Waals surface area contributed by atoms with Crippen LogP contribution in [0.4, 0.5) is 5.69 Å². The average molecular weight is 421 g/mol. The highest BCUT2D eigenvalue weighted by molar-refractivity contribution is 5.76. The summed E-state index contributed by atoms with van der Waals surface area (Å²) >= 11 is 0. The quantitative estimate of drug-likeness (QED) is 0.701. The molecule has 5 nitrogen and oxygen atoms in total. The lowest BCUT2D eigenvalue weighted by Gasteiger charge is -2.40. The van der Waals surface area contributed by atoms with Gasteiger partial charge in [0, 0.05) is 49.3 Å². The summed E-state index contributed by atoms with van der Waals surface area (Å²) in [5.74, 6) is 2.62. The van der Waals surface area contributed by atoms with Gasteiger partial charge in [-0.1, -0.05) is 44.2 Å². The summed E-state index contributed by atoms with van der Waals surface area (Å²) in [5.41, 5.74) is 4.05. The third-order valence-electron chi connectivity index (χ3n) is 7.16. The van der Waals surface area contributed by atoms with Crippen LogP contribution in [0, 0.1) is 5.92 Å². The second kappa shape index (κ2) is 8.10. The van der Waals surface area contributed by atoms with Gasteiger partial charge in [-0.2, -0.15) is 0 Å². The van der Waals surface area contributed by atoms with E-state index in [0.717, 1.165) is 56.9 Å². The Labute approximate surface area is 184 Å². The van der Waals surface area contributed by atoms with Gasteiger partial charge in [-0.3, -0.25) is 4.79 Å². The third-order valence-corrected chi connectivity index (χ3v) is 7.16. The Morgan fingerprint density at radius 2 is 1.87 bits per heavy atom. The number of nitrogens with zero attached hydrogens (tertiary/aromatic N) is 2. The Bertz CT molecular complexity index is 963. The predicted octanol–water partition coefficient (Wildman–Crippen LogP) is 4.73. The number of piperidine rings is 1. The molecule has 1 amide bonds. The van der Waals surface area contributed by atoms with Crippen molar-refractivity contribution in [1.82, 2.24) is 4.90 Å². The van der Waals surface area contributed by atoms with Gasteiger partial charge in [-0.15, -0.1) is 0 Å². The van der Waals surface area contributed by atoms with Gasteiger partial charge in [0.2, 0.25) is 12.7 Å². The van der Waals surface area contributed by atoms with E-state index in [2.05, 4.69) is 54.0 Å². The van der Waals surface area contributed by atoms with Crippen molar-refractivity contribution in [3.63, 3.8) is 0 Å². The molecule has 164 valence electrons. The van der Waals surface area contributed by atoms with Gasteiger partial charge in [-0.25, -0.2) is 0 Å². The standard InChI is InChI=1S/C26H32N2O3/c1-19(2)10-11-24(29)27-14-12-26(13-15-27)17-28(22-8-4-3-7-21(22)26)16-20-6-5-9-23-25(20)31-18-30-23/h3-9,19H,10-18H2,1-2H3. The molecule has 2 aromatic carbocycles. The first-order valence-electron chi connectivity index (χ1n) is 11.6. The lowest BCUT2D eigenvalue weighted by molar-refractivity contribution is -0.133. The Balaban J connectivity index is 1.33. The summed E-state index contributed by atoms with van der Waals surface area (Å²) in [4.78, 5) is 17.2. The normalized spacial score (nSPS) is 18.7. The van der Waals surface area contributed by atoms with E-state index in [1.54, 1.807) is 0 Å². The molecule has 0 N–H and O–H groups in total. The Hall–Kier alpha value is -2.69. The molecule has 0 saturated carbocycles. The third kappa shape index (κ3) is 3.75. The maximum absolute atomic E-state index is 12.7. The lowest BCUT2D eigenvalue weighted by atomic mass is 9.74. The van der Waals surface area contributed by atoms with Crippen LogP contribution >= 0.6 is 0 Å². The van der Waals surface area contributed by atoms with Crippen LogP contribution < -0.4 is 14.4 Å². The van der Waals surface area contributed by atoms with Crippen LogP contribution in [0.15, 0.2) is 42.5 Å². The van der Waals surface area contributed by atoms with Crippen LogP contribution in [-0.4, -0.2) is 37.2 Å². The van der Waals surface area contributed by atoms with E-state index in [0.29, 0.717) is 25.0 Å². The van der Waals surface area contributed by atoms with Crippen LogP contribution in [0.1, 0.15) is 50.7 Å². The van der Waals surface area contributed by atoms with Crippen LogP contribution in [0.3, 0.4) is 0 Å². The number of rotatable bonds is 5. The van der Waals surface area contributed by atoms with Gasteiger partial charge in [0.25, 0.3) is 0 Å². The number of carbonyl (C=O) groups is 1. The van der Waals surface area contributed by atoms with Gasteiger partial charge < -0.3 is 19.3 Å². The number of para-hydroxylation sites is 2. The molecule has 31 heavy (non-hydrogen) atoms. The zero-order chi connectivity index (χ0) is 21.4. The molecular formula is C26H32N2O3. The fourth-order valence-electron chi connectivity index (χ4n) is 5.38. The molecule has 0 atom stereocenters. The minimum absolute atomic E-state index is 0.126. The van der Waals surface area contributed by atoms with Gasteiger partial charge in [0.1, 0.15) is 0 Å². The first kappa shape index (κ1) is 20.2. The Kier molecular flexibility index (Phi) is 5.28. The van der Waals surface area contributed by atoms with Gasteiger partial charge in [0.05, 0.1) is 0 Å². The number of amides is 1. The van der Waals surface area contributed by atoms with Crippen LogP contribution in [-0.2, 0) is 16.8 Å². The second-order valence-electron chi connectivity index (χ2n) is 9.62. The number of fused-ring (bicyclic) bond motifs is 3. The number of carbonyl (C=O) groups excluding carboxylic acids is 1. The lowest BCUT2D eigenvalue weighted by Crippen LogP contribution is -2.47. The summed E-state index contributed by atoms with van der Waals surface area (Å²) in [6, 6.07) is 15.0. The van der Waals surface area contributed by atoms with Crippen molar-refractivity contribution >= 4 is 11.6 Å². The zero-order valence-electron chi connectivity index (χ0n) is 18.6. The smallest absolute Gasteiger partial charge is 0.231 e. The first-order chi connectivity index (χ1) is 15.1. The number of benzene rings is 2. The summed E-state index contributed by atoms with van der Waals surface area (Å²) < 4.78 is 11.3. The minimum Gasteiger partial charge on any atom is -0.454 e. The van der Waals surface area contributed by atoms with E-state index in [1.807, 2.05) is 12.1 Å². The molecule has 1 saturated heterocycles. The van der Waals surface area contributed by atoms with Crippen molar-refractivity contribution < 1.29 is 14.3 Å². The molecule has 0 bridgehead atoms. The molecule has 3 heterocycles. The van der Waals surface area contributed by atoms with Crippen molar-refractivity contribution in [1.29, 1.82) is 0 Å². The highest BCUT2D eigenvalue weighted by atomic mass is 16.7. The van der Waals surface area contributed by atoms with Crippen LogP contribution in [0.5, 0.6) is 11.5 Å². The largest absolute Gasteiger partial charge is 0.454 e. The Morgan fingerprint density at radius 3 is 2.68 bits per heavy atom. The molecule has 0 radical (unpaired) electrons. The van der Waals surface area contributed by atoms with E-state index < -0.39 is 0 Å². The molecule has 2 aromatic rings. The Morgan fingerprint density at radius 1 is 1.06 bits per heavy atom. The molecule has 5 heteroatoms. The van der Waals surface area contributed by atoms with E-state index in [-0.39, 0.29) is 5.41 Å². The van der Waals surface area contributed by atoms with Crippen LogP contribution in [0.2, 0.25) is 0 Å². The van der Waals surface area contributed by atoms with Crippen molar-refractivity contribution in [2.24, 2.45) is 5.92 Å². The van der Waals surface area contributed by atoms with Gasteiger partial charge >= 0.3 is 0 Å². The number of ether oxygens (including phenoxy) is 2. The maximum Gasteiger partial charge on any atom is 0.231 e. The van der Waals surface area contributed by atoms with Crippen molar-refractivity contribution in [3.8, 4) is 11.5 Å². The highest BCUT2D eigenvalue weighted by Crippen LogP contribution is 2.48. The maximum atomic E-state index is 12.7. The van der Waals surface area contributed by atoms with Crippen molar-refractivity contribution in [2.75, 3.05) is 31.3 Å². The SMILES string of the molecule is CC(C)CCC(=O)N1CCC2(CC1)CN(Cc1cccc3c1OCO3)c1ccccc12. The van der Waals surface area contributed by atoms with Gasteiger partial charge in [-0.05, 0) is 42.9 Å². The number of hydrogen-bond acceptors (Lipinski definition) is 4. The van der Waals surface area contributed by atoms with E-state index in [4.69, 9.17) is 9.47 Å². The zero-order valence-corrected chi connectivity index (χ0v) is 18.6. The summed E-state index contributed by atoms with van der Waals surface area (Å²) in [5, 5.41) is 0. The predicted molar refractivity (Wildman–Crippen MR) is 122 cm³/mol. The summed E-state index contributed by atoms with van der Waals surface area (Å²) in [6.07, 6.45) is 3.71. The molecule has 1 spiro atoms. The molecule has 0 aliphatic carbocycles. The second-order valence-corrected chi connectivity index (χ2v) is 9.62. The van der Waals surface area contributed by atoms with Crippen molar-refractivity contribution in [2.45, 2.75) is 51.5 Å². The minimum atomic E-state index is 0.126. The summed E-state index contributed by atoms with van der Waals surface area (Å²) in [7, 11) is 0. The fourth-order valence-corrected chi connectivity index (χ4v) is 5.38. The van der Waals surface area contributed by atoms with Gasteiger partial charge in [0.15, 0.2) is 11.5 Å². The van der Waals surface area contributed by atoms with Crippen molar-refractivity contribution in [3.05, 3.63) is 53.6 Å². The molecule has 0 unspecified atom stereocenters. The molecule has 1 fully saturated rings. The molecule has 5 rings (SSSR count). The first-order valence-corrected chi connectivity index (χ1v) is 11.6. The van der Waals surface area contributed by atoms with E-state index in [1.165, 1.54) is 16.8 Å². The number of anilines is 1. The van der Waals surface area contributed by atoms with E-state index in [9.17, 15) is 4.79 Å². The number of likely N-dealkylation sites (tertiary alicyclic amines) is 1. The number of hydrogen-bond donors (Lipinski definition) is 0. The monoisotopic (exact) mass is 420 g/mol.